The molecule has 17 heavy (non-hydrogen) atoms. The van der Waals surface area contributed by atoms with Crippen LogP contribution in [0.1, 0.15) is 23.6 Å². The molecule has 1 unspecified atom stereocenters. The topological polar surface area (TPSA) is 46.2 Å². The molecule has 0 bridgehead atoms. The summed E-state index contributed by atoms with van der Waals surface area (Å²) in [6, 6.07) is 6.17. The van der Waals surface area contributed by atoms with E-state index in [1.54, 1.807) is 0 Å². The monoisotopic (exact) mass is 319 g/mol. The SMILES string of the molecule is CNC(CCS(C)(=O)=O)c1ccc(C)c(Br)c1. The maximum Gasteiger partial charge on any atom is 0.147 e. The predicted molar refractivity (Wildman–Crippen MR) is 75.0 cm³/mol. The summed E-state index contributed by atoms with van der Waals surface area (Å²) in [7, 11) is -1.06. The predicted octanol–water partition coefficient (Wildman–Crippen LogP) is 2.45. The average Bonchev–Trinajstić information content (AvgIpc) is 2.22. The number of sulfone groups is 1. The second-order valence-electron chi connectivity index (χ2n) is 4.27. The van der Waals surface area contributed by atoms with Crippen molar-refractivity contribution in [3.05, 3.63) is 33.8 Å². The molecule has 5 heteroatoms. The van der Waals surface area contributed by atoms with Crippen molar-refractivity contribution in [2.24, 2.45) is 0 Å². The minimum absolute atomic E-state index is 0.0709. The van der Waals surface area contributed by atoms with Crippen LogP contribution < -0.4 is 5.32 Å². The Bertz CT molecular complexity index is 485. The Labute approximate surface area is 112 Å². The van der Waals surface area contributed by atoms with Gasteiger partial charge in [-0.15, -0.1) is 0 Å². The molecule has 0 spiro atoms. The minimum Gasteiger partial charge on any atom is -0.313 e. The number of benzene rings is 1. The van der Waals surface area contributed by atoms with Crippen molar-refractivity contribution < 1.29 is 8.42 Å². The fourth-order valence-corrected chi connectivity index (χ4v) is 2.70. The summed E-state index contributed by atoms with van der Waals surface area (Å²) < 4.78 is 23.4. The van der Waals surface area contributed by atoms with Gasteiger partial charge in [0.2, 0.25) is 0 Å². The van der Waals surface area contributed by atoms with Crippen LogP contribution in [-0.4, -0.2) is 27.5 Å². The van der Waals surface area contributed by atoms with E-state index in [0.29, 0.717) is 6.42 Å². The molecule has 0 saturated heterocycles. The molecule has 3 nitrogen and oxygen atoms in total. The molecule has 96 valence electrons. The van der Waals surface area contributed by atoms with Crippen molar-refractivity contribution in [1.82, 2.24) is 5.32 Å². The van der Waals surface area contributed by atoms with E-state index in [9.17, 15) is 8.42 Å². The molecule has 0 heterocycles. The highest BCUT2D eigenvalue weighted by atomic mass is 79.9. The maximum atomic E-state index is 11.2. The van der Waals surface area contributed by atoms with Crippen LogP contribution in [0.25, 0.3) is 0 Å². The summed E-state index contributed by atoms with van der Waals surface area (Å²) in [4.78, 5) is 0. The van der Waals surface area contributed by atoms with Gasteiger partial charge in [0.05, 0.1) is 5.75 Å². The van der Waals surface area contributed by atoms with Gasteiger partial charge in [-0.05, 0) is 37.6 Å². The van der Waals surface area contributed by atoms with Crippen molar-refractivity contribution in [2.45, 2.75) is 19.4 Å². The van der Waals surface area contributed by atoms with E-state index >= 15 is 0 Å². The van der Waals surface area contributed by atoms with Gasteiger partial charge in [-0.25, -0.2) is 8.42 Å². The van der Waals surface area contributed by atoms with Gasteiger partial charge < -0.3 is 5.32 Å². The highest BCUT2D eigenvalue weighted by Gasteiger charge is 2.13. The molecule has 0 aliphatic carbocycles. The zero-order valence-electron chi connectivity index (χ0n) is 10.3. The molecule has 1 aromatic carbocycles. The van der Waals surface area contributed by atoms with E-state index in [2.05, 4.69) is 21.2 Å². The summed E-state index contributed by atoms with van der Waals surface area (Å²) in [5, 5.41) is 3.15. The number of hydrogen-bond donors (Lipinski definition) is 1. The van der Waals surface area contributed by atoms with Gasteiger partial charge in [0, 0.05) is 16.8 Å². The lowest BCUT2D eigenvalue weighted by atomic mass is 10.0. The first-order valence-electron chi connectivity index (χ1n) is 5.44. The standard InChI is InChI=1S/C12H18BrNO2S/c1-9-4-5-10(8-11(9)13)12(14-2)6-7-17(3,15)16/h4-5,8,12,14H,6-7H2,1-3H3. The van der Waals surface area contributed by atoms with E-state index in [-0.39, 0.29) is 11.8 Å². The van der Waals surface area contributed by atoms with Gasteiger partial charge >= 0.3 is 0 Å². The summed E-state index contributed by atoms with van der Waals surface area (Å²) in [5.41, 5.74) is 2.28. The Balaban J connectivity index is 2.83. The summed E-state index contributed by atoms with van der Waals surface area (Å²) in [6.07, 6.45) is 1.86. The smallest absolute Gasteiger partial charge is 0.147 e. The Morgan fingerprint density at radius 1 is 1.41 bits per heavy atom. The molecule has 0 aromatic heterocycles. The minimum atomic E-state index is -2.91. The van der Waals surface area contributed by atoms with Gasteiger partial charge in [0.25, 0.3) is 0 Å². The van der Waals surface area contributed by atoms with Crippen molar-refractivity contribution in [3.63, 3.8) is 0 Å². The van der Waals surface area contributed by atoms with E-state index in [1.165, 1.54) is 11.8 Å². The molecule has 1 aromatic rings. The van der Waals surface area contributed by atoms with E-state index in [0.717, 1.165) is 10.0 Å². The normalized spacial score (nSPS) is 13.6. The molecule has 0 radical (unpaired) electrons. The lowest BCUT2D eigenvalue weighted by Gasteiger charge is -2.17. The molecule has 0 aliphatic heterocycles. The molecule has 1 atom stereocenters. The van der Waals surface area contributed by atoms with Crippen LogP contribution in [0.5, 0.6) is 0 Å². The Hall–Kier alpha value is -0.390. The van der Waals surface area contributed by atoms with Crippen LogP contribution in [0.4, 0.5) is 0 Å². The summed E-state index contributed by atoms with van der Waals surface area (Å²) in [5.74, 6) is 0.198. The van der Waals surface area contributed by atoms with Crippen molar-refractivity contribution >= 4 is 25.8 Å². The first-order valence-corrected chi connectivity index (χ1v) is 8.30. The number of nitrogens with one attached hydrogen (secondary N) is 1. The van der Waals surface area contributed by atoms with Gasteiger partial charge in [-0.3, -0.25) is 0 Å². The summed E-state index contributed by atoms with van der Waals surface area (Å²) in [6.45, 7) is 2.03. The lowest BCUT2D eigenvalue weighted by Crippen LogP contribution is -2.20. The zero-order chi connectivity index (χ0) is 13.1. The van der Waals surface area contributed by atoms with Crippen molar-refractivity contribution in [1.29, 1.82) is 0 Å². The maximum absolute atomic E-state index is 11.2. The van der Waals surface area contributed by atoms with Crippen LogP contribution in [0.2, 0.25) is 0 Å². The van der Waals surface area contributed by atoms with Crippen LogP contribution in [0.15, 0.2) is 22.7 Å². The van der Waals surface area contributed by atoms with Crippen LogP contribution in [-0.2, 0) is 9.84 Å². The molecular formula is C12H18BrNO2S. The fourth-order valence-electron chi connectivity index (χ4n) is 1.64. The largest absolute Gasteiger partial charge is 0.313 e. The number of hydrogen-bond acceptors (Lipinski definition) is 3. The average molecular weight is 320 g/mol. The molecule has 0 amide bonds. The third-order valence-corrected chi connectivity index (χ3v) is 4.56. The third kappa shape index (κ3) is 4.77. The van der Waals surface area contributed by atoms with E-state index in [4.69, 9.17) is 0 Å². The second-order valence-corrected chi connectivity index (χ2v) is 7.38. The zero-order valence-corrected chi connectivity index (χ0v) is 12.7. The second kappa shape index (κ2) is 5.98. The number of aryl methyl sites for hydroxylation is 1. The van der Waals surface area contributed by atoms with Gasteiger partial charge in [-0.1, -0.05) is 28.1 Å². The van der Waals surface area contributed by atoms with Gasteiger partial charge in [-0.2, -0.15) is 0 Å². The van der Waals surface area contributed by atoms with Crippen molar-refractivity contribution in [2.75, 3.05) is 19.1 Å². The quantitative estimate of drug-likeness (QED) is 0.906. The highest BCUT2D eigenvalue weighted by molar-refractivity contribution is 9.10. The molecule has 0 fully saturated rings. The Kier molecular flexibility index (Phi) is 5.16. The lowest BCUT2D eigenvalue weighted by molar-refractivity contribution is 0.559. The summed E-state index contributed by atoms with van der Waals surface area (Å²) >= 11 is 3.49. The number of rotatable bonds is 5. The van der Waals surface area contributed by atoms with Crippen LogP contribution in [0, 0.1) is 6.92 Å². The molecule has 0 aliphatic rings. The molecule has 1 rings (SSSR count). The van der Waals surface area contributed by atoms with Gasteiger partial charge in [0.15, 0.2) is 0 Å². The number of halogens is 1. The first kappa shape index (κ1) is 14.7. The molecule has 1 N–H and O–H groups in total. The first-order chi connectivity index (χ1) is 7.83. The fraction of sp³-hybridized carbons (Fsp3) is 0.500. The van der Waals surface area contributed by atoms with E-state index in [1.807, 2.05) is 32.2 Å². The Morgan fingerprint density at radius 3 is 2.53 bits per heavy atom. The van der Waals surface area contributed by atoms with E-state index < -0.39 is 9.84 Å². The molecular weight excluding hydrogens is 302 g/mol. The third-order valence-electron chi connectivity index (χ3n) is 2.72. The van der Waals surface area contributed by atoms with Crippen LogP contribution >= 0.6 is 15.9 Å². The van der Waals surface area contributed by atoms with Crippen molar-refractivity contribution in [3.8, 4) is 0 Å². The molecule has 0 saturated carbocycles. The highest BCUT2D eigenvalue weighted by Crippen LogP contribution is 2.23. The van der Waals surface area contributed by atoms with Gasteiger partial charge in [0.1, 0.15) is 9.84 Å². The Morgan fingerprint density at radius 2 is 2.06 bits per heavy atom. The van der Waals surface area contributed by atoms with Crippen LogP contribution in [0.3, 0.4) is 0 Å².